The Morgan fingerprint density at radius 1 is 1.12 bits per heavy atom. The number of hydrogen-bond acceptors (Lipinski definition) is 10. The number of aromatic nitrogens is 4. The van der Waals surface area contributed by atoms with Gasteiger partial charge in [0.15, 0.2) is 10.3 Å². The van der Waals surface area contributed by atoms with E-state index in [9.17, 15) is 4.79 Å². The van der Waals surface area contributed by atoms with Crippen LogP contribution >= 0.6 is 23.1 Å². The molecule has 3 N–H and O–H groups in total. The number of carbonyl (C=O) groups excluding carboxylic acids is 1. The number of likely N-dealkylation sites (N-methyl/N-ethyl adjacent to an activating group) is 1. The van der Waals surface area contributed by atoms with Crippen LogP contribution in [0.4, 0.5) is 22.7 Å². The molecule has 1 amide bonds. The van der Waals surface area contributed by atoms with Crippen molar-refractivity contribution < 1.29 is 4.79 Å². The fourth-order valence-corrected chi connectivity index (χ4v) is 4.62. The molecule has 3 aromatic rings. The number of thiazole rings is 1. The quantitative estimate of drug-likeness (QED) is 0.329. The smallest absolute Gasteiger partial charge is 0.234 e. The summed E-state index contributed by atoms with van der Waals surface area (Å²) >= 11 is 2.99. The summed E-state index contributed by atoms with van der Waals surface area (Å²) in [4.78, 5) is 34.5. The Bertz CT molecular complexity index is 1100. The fraction of sp³-hybridized carbons (Fsp3) is 0.435. The first-order chi connectivity index (χ1) is 16.5. The van der Waals surface area contributed by atoms with Gasteiger partial charge < -0.3 is 15.5 Å². The van der Waals surface area contributed by atoms with E-state index in [0.717, 1.165) is 59.6 Å². The monoisotopic (exact) mass is 498 g/mol. The Kier molecular flexibility index (Phi) is 8.30. The molecule has 11 heteroatoms. The summed E-state index contributed by atoms with van der Waals surface area (Å²) in [6.45, 7) is 9.97. The molecule has 0 radical (unpaired) electrons. The van der Waals surface area contributed by atoms with Crippen LogP contribution in [-0.2, 0) is 4.79 Å². The minimum atomic E-state index is 0.103. The zero-order chi connectivity index (χ0) is 23.9. The Morgan fingerprint density at radius 2 is 1.85 bits per heavy atom. The second-order valence-electron chi connectivity index (χ2n) is 8.01. The van der Waals surface area contributed by atoms with Crippen molar-refractivity contribution in [1.82, 2.24) is 24.8 Å². The van der Waals surface area contributed by atoms with Crippen LogP contribution in [-0.4, -0.2) is 56.9 Å². The van der Waals surface area contributed by atoms with Gasteiger partial charge in [0, 0.05) is 40.7 Å². The maximum Gasteiger partial charge on any atom is 0.234 e. The lowest BCUT2D eigenvalue weighted by Crippen LogP contribution is -2.29. The minimum Gasteiger partial charge on any atom is -0.353 e. The van der Waals surface area contributed by atoms with Gasteiger partial charge in [-0.2, -0.15) is 15.0 Å². The molecule has 2 heterocycles. The molecule has 34 heavy (non-hydrogen) atoms. The first-order valence-electron chi connectivity index (χ1n) is 11.5. The first kappa shape index (κ1) is 24.4. The zero-order valence-corrected chi connectivity index (χ0v) is 21.3. The van der Waals surface area contributed by atoms with E-state index in [-0.39, 0.29) is 11.8 Å². The molecule has 1 aromatic carbocycles. The molecule has 1 aliphatic rings. The normalized spacial score (nSPS) is 13.2. The molecule has 180 valence electrons. The number of hydrogen-bond donors (Lipinski definition) is 3. The van der Waals surface area contributed by atoms with E-state index in [1.165, 1.54) is 11.8 Å². The molecule has 1 fully saturated rings. The van der Waals surface area contributed by atoms with Gasteiger partial charge in [0.05, 0.1) is 0 Å². The molecule has 2 aromatic heterocycles. The lowest BCUT2D eigenvalue weighted by atomic mass is 10.3. The van der Waals surface area contributed by atoms with Crippen molar-refractivity contribution in [3.8, 4) is 0 Å². The molecule has 0 spiro atoms. The van der Waals surface area contributed by atoms with Crippen molar-refractivity contribution in [3.63, 3.8) is 0 Å². The van der Waals surface area contributed by atoms with Crippen LogP contribution in [0.15, 0.2) is 40.5 Å². The molecule has 0 unspecified atom stereocenters. The van der Waals surface area contributed by atoms with Crippen LogP contribution in [0.1, 0.15) is 31.6 Å². The summed E-state index contributed by atoms with van der Waals surface area (Å²) < 4.78 is 0. The van der Waals surface area contributed by atoms with Gasteiger partial charge in [-0.3, -0.25) is 10.1 Å². The molecule has 0 aliphatic heterocycles. The third kappa shape index (κ3) is 7.12. The maximum atomic E-state index is 12.0. The molecule has 0 atom stereocenters. The van der Waals surface area contributed by atoms with Crippen LogP contribution in [0.2, 0.25) is 0 Å². The predicted molar refractivity (Wildman–Crippen MR) is 138 cm³/mol. The van der Waals surface area contributed by atoms with Crippen LogP contribution in [0.3, 0.4) is 0 Å². The molecule has 1 aliphatic carbocycles. The predicted octanol–water partition coefficient (Wildman–Crippen LogP) is 4.63. The fourth-order valence-electron chi connectivity index (χ4n) is 3.21. The SMILES string of the molecule is CCN(CC)CCNc1nc(Nc2ncc(C)s2)nc(Sc2ccc(NC(=O)C3CC3)cc2)n1. The summed E-state index contributed by atoms with van der Waals surface area (Å²) in [6.07, 6.45) is 3.79. The van der Waals surface area contributed by atoms with Crippen molar-refractivity contribution in [3.05, 3.63) is 35.3 Å². The van der Waals surface area contributed by atoms with E-state index in [2.05, 4.69) is 54.6 Å². The third-order valence-electron chi connectivity index (χ3n) is 5.34. The topological polar surface area (TPSA) is 108 Å². The van der Waals surface area contributed by atoms with Gasteiger partial charge in [-0.15, -0.1) is 11.3 Å². The largest absolute Gasteiger partial charge is 0.353 e. The zero-order valence-electron chi connectivity index (χ0n) is 19.7. The highest BCUT2D eigenvalue weighted by atomic mass is 32.2. The van der Waals surface area contributed by atoms with E-state index in [4.69, 9.17) is 0 Å². The van der Waals surface area contributed by atoms with Gasteiger partial charge in [-0.1, -0.05) is 13.8 Å². The number of benzene rings is 1. The third-order valence-corrected chi connectivity index (χ3v) is 7.04. The van der Waals surface area contributed by atoms with Crippen molar-refractivity contribution in [1.29, 1.82) is 0 Å². The first-order valence-corrected chi connectivity index (χ1v) is 13.2. The molecular weight excluding hydrogens is 468 g/mol. The lowest BCUT2D eigenvalue weighted by Gasteiger charge is -2.18. The number of carbonyl (C=O) groups is 1. The molecule has 1 saturated carbocycles. The van der Waals surface area contributed by atoms with Gasteiger partial charge in [-0.25, -0.2) is 4.98 Å². The molecule has 0 bridgehead atoms. The van der Waals surface area contributed by atoms with Crippen LogP contribution < -0.4 is 16.0 Å². The summed E-state index contributed by atoms with van der Waals surface area (Å²) in [5.41, 5.74) is 0.803. The van der Waals surface area contributed by atoms with E-state index in [0.29, 0.717) is 17.1 Å². The van der Waals surface area contributed by atoms with Gasteiger partial charge in [0.25, 0.3) is 0 Å². The second-order valence-corrected chi connectivity index (χ2v) is 10.3. The molecule has 0 saturated heterocycles. The summed E-state index contributed by atoms with van der Waals surface area (Å²) in [5.74, 6) is 1.25. The Balaban J connectivity index is 1.46. The number of amides is 1. The highest BCUT2D eigenvalue weighted by molar-refractivity contribution is 7.99. The van der Waals surface area contributed by atoms with E-state index in [1.807, 2.05) is 37.4 Å². The van der Waals surface area contributed by atoms with Crippen LogP contribution in [0.25, 0.3) is 0 Å². The highest BCUT2D eigenvalue weighted by Gasteiger charge is 2.29. The number of nitrogens with one attached hydrogen (secondary N) is 3. The number of anilines is 4. The standard InChI is InChI=1S/C23H30N8OS2/c1-4-31(5-2)13-12-24-20-27-21(29-22-25-14-15(3)33-22)30-23(28-20)34-18-10-8-17(9-11-18)26-19(32)16-6-7-16/h8-11,14,16H,4-7,12-13H2,1-3H3,(H,26,32)(H2,24,25,27,28,29,30). The second kappa shape index (κ2) is 11.6. The number of nitrogens with zero attached hydrogens (tertiary/aromatic N) is 5. The van der Waals surface area contributed by atoms with E-state index < -0.39 is 0 Å². The highest BCUT2D eigenvalue weighted by Crippen LogP contribution is 2.31. The number of rotatable bonds is 12. The average molecular weight is 499 g/mol. The van der Waals surface area contributed by atoms with Crippen LogP contribution in [0, 0.1) is 12.8 Å². The Morgan fingerprint density at radius 3 is 2.50 bits per heavy atom. The number of aryl methyl sites for hydroxylation is 1. The maximum absolute atomic E-state index is 12.0. The van der Waals surface area contributed by atoms with Crippen molar-refractivity contribution in [2.75, 3.05) is 42.1 Å². The van der Waals surface area contributed by atoms with Gasteiger partial charge in [-0.05, 0) is 68.9 Å². The Labute approximate surface area is 208 Å². The van der Waals surface area contributed by atoms with Crippen molar-refractivity contribution in [2.45, 2.75) is 43.7 Å². The van der Waals surface area contributed by atoms with Crippen LogP contribution in [0.5, 0.6) is 0 Å². The van der Waals surface area contributed by atoms with E-state index >= 15 is 0 Å². The van der Waals surface area contributed by atoms with Gasteiger partial charge in [0.2, 0.25) is 17.8 Å². The summed E-state index contributed by atoms with van der Waals surface area (Å²) in [7, 11) is 0. The minimum absolute atomic E-state index is 0.103. The lowest BCUT2D eigenvalue weighted by molar-refractivity contribution is -0.117. The molecule has 4 rings (SSSR count). The van der Waals surface area contributed by atoms with Gasteiger partial charge >= 0.3 is 0 Å². The van der Waals surface area contributed by atoms with Crippen molar-refractivity contribution >= 4 is 51.7 Å². The van der Waals surface area contributed by atoms with E-state index in [1.54, 1.807) is 11.3 Å². The Hall–Kier alpha value is -2.76. The molecular formula is C23H30N8OS2. The average Bonchev–Trinajstić information content (AvgIpc) is 3.60. The van der Waals surface area contributed by atoms with Gasteiger partial charge in [0.1, 0.15) is 0 Å². The van der Waals surface area contributed by atoms with Crippen molar-refractivity contribution in [2.24, 2.45) is 5.92 Å². The summed E-state index contributed by atoms with van der Waals surface area (Å²) in [5, 5.41) is 10.8. The molecule has 9 nitrogen and oxygen atoms in total. The summed E-state index contributed by atoms with van der Waals surface area (Å²) in [6, 6.07) is 7.73.